The van der Waals surface area contributed by atoms with Crippen molar-refractivity contribution in [3.05, 3.63) is 28.8 Å². The number of fused-ring (bicyclic) bond motifs is 1. The predicted octanol–water partition coefficient (Wildman–Crippen LogP) is 3.99. The second kappa shape index (κ2) is 5.65. The van der Waals surface area contributed by atoms with E-state index in [1.165, 1.54) is 5.56 Å². The SMILES string of the molecule is C[C@@H]1C[C@H](N2CCCCCC2=O)c2cc(Cl)ccc2N1. The van der Waals surface area contributed by atoms with Gasteiger partial charge in [0.05, 0.1) is 6.04 Å². The first-order chi connectivity index (χ1) is 9.65. The van der Waals surface area contributed by atoms with Crippen molar-refractivity contribution in [1.82, 2.24) is 4.90 Å². The van der Waals surface area contributed by atoms with Gasteiger partial charge in [-0.3, -0.25) is 4.79 Å². The summed E-state index contributed by atoms with van der Waals surface area (Å²) in [6, 6.07) is 6.50. The molecule has 20 heavy (non-hydrogen) atoms. The molecule has 2 heterocycles. The molecule has 108 valence electrons. The van der Waals surface area contributed by atoms with Gasteiger partial charge >= 0.3 is 0 Å². The van der Waals surface area contributed by atoms with Crippen LogP contribution in [0.1, 0.15) is 50.6 Å². The molecule has 0 aromatic heterocycles. The molecule has 1 aromatic rings. The molecule has 3 rings (SSSR count). The maximum absolute atomic E-state index is 12.4. The van der Waals surface area contributed by atoms with Gasteiger partial charge in [0.15, 0.2) is 0 Å². The van der Waals surface area contributed by atoms with E-state index in [1.54, 1.807) is 0 Å². The molecular formula is C16H21ClN2O. The molecule has 0 unspecified atom stereocenters. The summed E-state index contributed by atoms with van der Waals surface area (Å²) in [4.78, 5) is 14.5. The van der Waals surface area contributed by atoms with Crippen molar-refractivity contribution in [1.29, 1.82) is 0 Å². The number of likely N-dealkylation sites (tertiary alicyclic amines) is 1. The zero-order valence-electron chi connectivity index (χ0n) is 11.9. The van der Waals surface area contributed by atoms with Crippen LogP contribution in [0.2, 0.25) is 5.02 Å². The van der Waals surface area contributed by atoms with Gasteiger partial charge in [-0.05, 0) is 49.9 Å². The minimum Gasteiger partial charge on any atom is -0.382 e. The minimum atomic E-state index is 0.172. The Hall–Kier alpha value is -1.22. The number of amides is 1. The van der Waals surface area contributed by atoms with E-state index >= 15 is 0 Å². The molecule has 1 aromatic carbocycles. The third kappa shape index (κ3) is 2.64. The van der Waals surface area contributed by atoms with E-state index in [9.17, 15) is 4.79 Å². The largest absolute Gasteiger partial charge is 0.382 e. The van der Waals surface area contributed by atoms with Crippen LogP contribution >= 0.6 is 11.6 Å². The molecule has 2 aliphatic rings. The zero-order valence-corrected chi connectivity index (χ0v) is 12.6. The lowest BCUT2D eigenvalue weighted by Gasteiger charge is -2.38. The summed E-state index contributed by atoms with van der Waals surface area (Å²) < 4.78 is 0. The Kier molecular flexibility index (Phi) is 3.88. The van der Waals surface area contributed by atoms with Gasteiger partial charge in [0.2, 0.25) is 5.91 Å². The Balaban J connectivity index is 1.96. The van der Waals surface area contributed by atoms with Crippen LogP contribution in [0.15, 0.2) is 18.2 Å². The number of carbonyl (C=O) groups is 1. The van der Waals surface area contributed by atoms with Gasteiger partial charge in [0.1, 0.15) is 0 Å². The van der Waals surface area contributed by atoms with Gasteiger partial charge in [-0.2, -0.15) is 0 Å². The van der Waals surface area contributed by atoms with Gasteiger partial charge in [0.25, 0.3) is 0 Å². The van der Waals surface area contributed by atoms with Crippen LogP contribution < -0.4 is 5.32 Å². The molecule has 1 N–H and O–H groups in total. The average molecular weight is 293 g/mol. The van der Waals surface area contributed by atoms with Crippen LogP contribution in [-0.4, -0.2) is 23.4 Å². The van der Waals surface area contributed by atoms with Crippen molar-refractivity contribution >= 4 is 23.2 Å². The molecule has 0 aliphatic carbocycles. The van der Waals surface area contributed by atoms with Gasteiger partial charge < -0.3 is 10.2 Å². The Labute approximate surface area is 125 Å². The number of benzene rings is 1. The van der Waals surface area contributed by atoms with Gasteiger partial charge in [-0.1, -0.05) is 18.0 Å². The van der Waals surface area contributed by atoms with Crippen molar-refractivity contribution in [2.75, 3.05) is 11.9 Å². The van der Waals surface area contributed by atoms with Crippen molar-refractivity contribution in [2.45, 2.75) is 51.1 Å². The van der Waals surface area contributed by atoms with Gasteiger partial charge in [-0.25, -0.2) is 0 Å². The monoisotopic (exact) mass is 292 g/mol. The number of halogens is 1. The molecule has 4 heteroatoms. The van der Waals surface area contributed by atoms with Crippen LogP contribution in [0.3, 0.4) is 0 Å². The fraction of sp³-hybridized carbons (Fsp3) is 0.562. The maximum atomic E-state index is 12.4. The van der Waals surface area contributed by atoms with E-state index in [4.69, 9.17) is 11.6 Å². The van der Waals surface area contributed by atoms with Crippen LogP contribution in [-0.2, 0) is 4.79 Å². The first-order valence-corrected chi connectivity index (χ1v) is 7.88. The molecule has 1 saturated heterocycles. The highest BCUT2D eigenvalue weighted by molar-refractivity contribution is 6.30. The number of carbonyl (C=O) groups excluding carboxylic acids is 1. The third-order valence-corrected chi connectivity index (χ3v) is 4.57. The van der Waals surface area contributed by atoms with Crippen molar-refractivity contribution in [3.63, 3.8) is 0 Å². The lowest BCUT2D eigenvalue weighted by atomic mass is 9.92. The fourth-order valence-electron chi connectivity index (χ4n) is 3.36. The Morgan fingerprint density at radius 3 is 3.00 bits per heavy atom. The second-order valence-electron chi connectivity index (χ2n) is 5.93. The van der Waals surface area contributed by atoms with Crippen LogP contribution in [0, 0.1) is 0 Å². The molecule has 3 nitrogen and oxygen atoms in total. The van der Waals surface area contributed by atoms with Crippen LogP contribution in [0.5, 0.6) is 0 Å². The van der Waals surface area contributed by atoms with Crippen molar-refractivity contribution in [3.8, 4) is 0 Å². The molecular weight excluding hydrogens is 272 g/mol. The van der Waals surface area contributed by atoms with E-state index in [1.807, 2.05) is 18.2 Å². The van der Waals surface area contributed by atoms with Gasteiger partial charge in [0, 0.05) is 29.7 Å². The highest BCUT2D eigenvalue weighted by atomic mass is 35.5. The molecule has 1 fully saturated rings. The van der Waals surface area contributed by atoms with Crippen LogP contribution in [0.25, 0.3) is 0 Å². The maximum Gasteiger partial charge on any atom is 0.223 e. The summed E-state index contributed by atoms with van der Waals surface area (Å²) in [7, 11) is 0. The van der Waals surface area contributed by atoms with E-state index in [0.29, 0.717) is 18.4 Å². The molecule has 0 bridgehead atoms. The summed E-state index contributed by atoms with van der Waals surface area (Å²) in [6.07, 6.45) is 4.94. The fourth-order valence-corrected chi connectivity index (χ4v) is 3.54. The number of nitrogens with zero attached hydrogens (tertiary/aromatic N) is 1. The third-order valence-electron chi connectivity index (χ3n) is 4.34. The number of nitrogens with one attached hydrogen (secondary N) is 1. The molecule has 1 amide bonds. The summed E-state index contributed by atoms with van der Waals surface area (Å²) in [5.74, 6) is 0.299. The Morgan fingerprint density at radius 2 is 2.15 bits per heavy atom. The number of hydrogen-bond acceptors (Lipinski definition) is 2. The molecule has 2 aliphatic heterocycles. The van der Waals surface area contributed by atoms with Crippen LogP contribution in [0.4, 0.5) is 5.69 Å². The molecule has 0 spiro atoms. The lowest BCUT2D eigenvalue weighted by Crippen LogP contribution is -2.39. The molecule has 0 radical (unpaired) electrons. The van der Waals surface area contributed by atoms with E-state index in [0.717, 1.165) is 42.9 Å². The Bertz CT molecular complexity index is 517. The predicted molar refractivity (Wildman–Crippen MR) is 82.1 cm³/mol. The topological polar surface area (TPSA) is 32.3 Å². The van der Waals surface area contributed by atoms with E-state index in [-0.39, 0.29) is 6.04 Å². The lowest BCUT2D eigenvalue weighted by molar-refractivity contribution is -0.133. The highest BCUT2D eigenvalue weighted by Gasteiger charge is 2.32. The van der Waals surface area contributed by atoms with Crippen molar-refractivity contribution in [2.24, 2.45) is 0 Å². The summed E-state index contributed by atoms with van der Waals surface area (Å²) >= 11 is 6.15. The number of hydrogen-bond donors (Lipinski definition) is 1. The molecule has 2 atom stereocenters. The second-order valence-corrected chi connectivity index (χ2v) is 6.36. The smallest absolute Gasteiger partial charge is 0.223 e. The van der Waals surface area contributed by atoms with Crippen molar-refractivity contribution < 1.29 is 4.79 Å². The first-order valence-electron chi connectivity index (χ1n) is 7.50. The number of rotatable bonds is 1. The minimum absolute atomic E-state index is 0.172. The highest BCUT2D eigenvalue weighted by Crippen LogP contribution is 2.39. The van der Waals surface area contributed by atoms with Gasteiger partial charge in [-0.15, -0.1) is 0 Å². The number of anilines is 1. The summed E-state index contributed by atoms with van der Waals surface area (Å²) in [5, 5.41) is 4.23. The Morgan fingerprint density at radius 1 is 1.30 bits per heavy atom. The summed E-state index contributed by atoms with van der Waals surface area (Å²) in [6.45, 7) is 3.05. The zero-order chi connectivity index (χ0) is 14.1. The van der Waals surface area contributed by atoms with E-state index < -0.39 is 0 Å². The standard InChI is InChI=1S/C16H21ClN2O/c1-11-9-15(19-8-4-2-3-5-16(19)20)13-10-12(17)6-7-14(13)18-11/h6-7,10-11,15,18H,2-5,8-9H2,1H3/t11-,15+/m1/s1. The quantitative estimate of drug-likeness (QED) is 0.849. The summed E-state index contributed by atoms with van der Waals surface area (Å²) in [5.41, 5.74) is 2.29. The van der Waals surface area contributed by atoms with E-state index in [2.05, 4.69) is 17.1 Å². The average Bonchev–Trinajstić information content (AvgIpc) is 2.63. The molecule has 0 saturated carbocycles. The normalized spacial score (nSPS) is 26.7. The first kappa shape index (κ1) is 13.7.